The molecular formula is C14H16N6O3. The third-order valence-electron chi connectivity index (χ3n) is 2.94. The van der Waals surface area contributed by atoms with Gasteiger partial charge in [-0.15, -0.1) is 0 Å². The molecule has 1 amide bonds. The minimum atomic E-state index is -0.718. The monoisotopic (exact) mass is 316 g/mol. The molecule has 23 heavy (non-hydrogen) atoms. The van der Waals surface area contributed by atoms with Gasteiger partial charge in [0.1, 0.15) is 6.54 Å². The van der Waals surface area contributed by atoms with Crippen LogP contribution in [0.15, 0.2) is 48.4 Å². The van der Waals surface area contributed by atoms with Crippen LogP contribution in [0.25, 0.3) is 0 Å². The Bertz CT molecular complexity index is 710. The second kappa shape index (κ2) is 7.69. The summed E-state index contributed by atoms with van der Waals surface area (Å²) in [6.07, 6.45) is 3.64. The summed E-state index contributed by atoms with van der Waals surface area (Å²) >= 11 is 0. The highest BCUT2D eigenvalue weighted by Gasteiger charge is 2.15. The smallest absolute Gasteiger partial charge is 0.390 e. The molecule has 0 saturated heterocycles. The number of hydrogen-bond donors (Lipinski definition) is 2. The van der Waals surface area contributed by atoms with Gasteiger partial charge in [0.05, 0.1) is 0 Å². The van der Waals surface area contributed by atoms with Gasteiger partial charge in [-0.1, -0.05) is 41.4 Å². The van der Waals surface area contributed by atoms with E-state index < -0.39 is 16.8 Å². The Hall–Kier alpha value is -3.23. The average Bonchev–Trinajstić information content (AvgIpc) is 3.01. The summed E-state index contributed by atoms with van der Waals surface area (Å²) in [6.45, 7) is 1.69. The lowest BCUT2D eigenvalue weighted by Crippen LogP contribution is -2.39. The van der Waals surface area contributed by atoms with Gasteiger partial charge in [0.25, 0.3) is 5.91 Å². The van der Waals surface area contributed by atoms with Gasteiger partial charge in [0.15, 0.2) is 0 Å². The number of nitrogens with one attached hydrogen (secondary N) is 2. The zero-order chi connectivity index (χ0) is 16.7. The second-order valence-electron chi connectivity index (χ2n) is 4.65. The SMILES string of the molecule is CC=C(Cc1ccccc1)NNC(=O)Cn1cnc([N+](=O)[O-])n1. The standard InChI is InChI=1S/C14H16N6O3/c1-2-12(8-11-6-4-3-5-7-11)16-17-13(21)9-19-10-15-14(18-19)20(22)23/h2-7,10,16H,8-9H2,1H3,(H,17,21). The molecule has 0 fully saturated rings. The first-order valence-corrected chi connectivity index (χ1v) is 6.86. The molecule has 0 unspecified atom stereocenters. The number of allylic oxidation sites excluding steroid dienone is 2. The molecule has 0 aliphatic rings. The maximum Gasteiger partial charge on any atom is 0.490 e. The molecule has 9 heteroatoms. The van der Waals surface area contributed by atoms with Crippen molar-refractivity contribution < 1.29 is 9.72 Å². The number of nitrogens with zero attached hydrogens (tertiary/aromatic N) is 4. The van der Waals surface area contributed by atoms with Gasteiger partial charge >= 0.3 is 5.95 Å². The van der Waals surface area contributed by atoms with E-state index in [1.54, 1.807) is 0 Å². The molecule has 120 valence electrons. The van der Waals surface area contributed by atoms with Crippen LogP contribution in [0.3, 0.4) is 0 Å². The molecule has 1 aromatic carbocycles. The van der Waals surface area contributed by atoms with Crippen LogP contribution in [-0.2, 0) is 17.8 Å². The highest BCUT2D eigenvalue weighted by molar-refractivity contribution is 5.75. The van der Waals surface area contributed by atoms with Crippen molar-refractivity contribution in [3.05, 3.63) is 64.1 Å². The number of amides is 1. The van der Waals surface area contributed by atoms with Crippen LogP contribution in [0.2, 0.25) is 0 Å². The van der Waals surface area contributed by atoms with Crippen LogP contribution in [0, 0.1) is 10.1 Å². The van der Waals surface area contributed by atoms with Crippen molar-refractivity contribution in [2.75, 3.05) is 0 Å². The van der Waals surface area contributed by atoms with E-state index >= 15 is 0 Å². The van der Waals surface area contributed by atoms with Crippen LogP contribution in [0.4, 0.5) is 5.95 Å². The molecule has 2 aromatic rings. The summed E-state index contributed by atoms with van der Waals surface area (Å²) in [7, 11) is 0. The van der Waals surface area contributed by atoms with E-state index in [2.05, 4.69) is 20.9 Å². The number of aromatic nitrogens is 3. The van der Waals surface area contributed by atoms with Gasteiger partial charge in [-0.25, -0.2) is 0 Å². The van der Waals surface area contributed by atoms with Crippen LogP contribution < -0.4 is 10.9 Å². The van der Waals surface area contributed by atoms with E-state index in [9.17, 15) is 14.9 Å². The van der Waals surface area contributed by atoms with Crippen molar-refractivity contribution in [1.29, 1.82) is 0 Å². The van der Waals surface area contributed by atoms with Gasteiger partial charge in [0, 0.05) is 17.2 Å². The molecular weight excluding hydrogens is 300 g/mol. The highest BCUT2D eigenvalue weighted by Crippen LogP contribution is 2.05. The Morgan fingerprint density at radius 1 is 1.35 bits per heavy atom. The average molecular weight is 316 g/mol. The maximum absolute atomic E-state index is 11.8. The van der Waals surface area contributed by atoms with Crippen LogP contribution in [0.5, 0.6) is 0 Å². The summed E-state index contributed by atoms with van der Waals surface area (Å²) < 4.78 is 1.10. The van der Waals surface area contributed by atoms with Gasteiger partial charge in [-0.05, 0) is 17.4 Å². The molecule has 0 spiro atoms. The molecule has 2 rings (SSSR count). The first kappa shape index (κ1) is 16.1. The fourth-order valence-electron chi connectivity index (χ4n) is 1.82. The Morgan fingerprint density at radius 2 is 2.09 bits per heavy atom. The molecule has 0 radical (unpaired) electrons. The number of nitro groups is 1. The molecule has 0 saturated carbocycles. The minimum Gasteiger partial charge on any atom is -0.390 e. The Labute approximate surface area is 132 Å². The van der Waals surface area contributed by atoms with Gasteiger partial charge in [0.2, 0.25) is 6.33 Å². The van der Waals surface area contributed by atoms with Crippen LogP contribution >= 0.6 is 0 Å². The van der Waals surface area contributed by atoms with Crippen molar-refractivity contribution in [2.45, 2.75) is 19.9 Å². The maximum atomic E-state index is 11.8. The van der Waals surface area contributed by atoms with Gasteiger partial charge in [-0.3, -0.25) is 10.2 Å². The highest BCUT2D eigenvalue weighted by atomic mass is 16.6. The lowest BCUT2D eigenvalue weighted by atomic mass is 10.1. The number of carbonyl (C=O) groups excluding carboxylic acids is 1. The lowest BCUT2D eigenvalue weighted by molar-refractivity contribution is -0.394. The zero-order valence-corrected chi connectivity index (χ0v) is 12.5. The number of benzene rings is 1. The van der Waals surface area contributed by atoms with E-state index in [-0.39, 0.29) is 6.54 Å². The summed E-state index contributed by atoms with van der Waals surface area (Å²) in [5.41, 5.74) is 7.29. The van der Waals surface area contributed by atoms with Gasteiger partial charge < -0.3 is 15.5 Å². The zero-order valence-electron chi connectivity index (χ0n) is 12.5. The number of hydrazine groups is 1. The fraction of sp³-hybridized carbons (Fsp3) is 0.214. The van der Waals surface area contributed by atoms with Crippen molar-refractivity contribution in [3.63, 3.8) is 0 Å². The molecule has 1 aromatic heterocycles. The Morgan fingerprint density at radius 3 is 2.70 bits per heavy atom. The molecule has 0 aliphatic heterocycles. The third-order valence-corrected chi connectivity index (χ3v) is 2.94. The minimum absolute atomic E-state index is 0.170. The topological polar surface area (TPSA) is 115 Å². The molecule has 0 aliphatic carbocycles. The van der Waals surface area contributed by atoms with Crippen molar-refractivity contribution in [3.8, 4) is 0 Å². The van der Waals surface area contributed by atoms with E-state index in [0.29, 0.717) is 6.42 Å². The van der Waals surface area contributed by atoms with E-state index in [1.165, 1.54) is 0 Å². The van der Waals surface area contributed by atoms with E-state index in [4.69, 9.17) is 0 Å². The van der Waals surface area contributed by atoms with Crippen LogP contribution in [0.1, 0.15) is 12.5 Å². The number of carbonyl (C=O) groups is 1. The largest absolute Gasteiger partial charge is 0.490 e. The van der Waals surface area contributed by atoms with Crippen molar-refractivity contribution in [1.82, 2.24) is 25.6 Å². The summed E-state index contributed by atoms with van der Waals surface area (Å²) in [4.78, 5) is 25.0. The van der Waals surface area contributed by atoms with Crippen LogP contribution in [-0.4, -0.2) is 25.6 Å². The normalized spacial score (nSPS) is 11.1. The predicted octanol–water partition coefficient (Wildman–Crippen LogP) is 0.954. The summed E-state index contributed by atoms with van der Waals surface area (Å²) in [5.74, 6) is -0.929. The third kappa shape index (κ3) is 4.92. The Balaban J connectivity index is 1.83. The molecule has 0 bridgehead atoms. The van der Waals surface area contributed by atoms with E-state index in [1.807, 2.05) is 43.3 Å². The summed E-state index contributed by atoms with van der Waals surface area (Å²) in [5, 5.41) is 14.0. The van der Waals surface area contributed by atoms with Crippen molar-refractivity contribution >= 4 is 11.9 Å². The molecule has 0 atom stereocenters. The molecule has 1 heterocycles. The van der Waals surface area contributed by atoms with E-state index in [0.717, 1.165) is 22.3 Å². The lowest BCUT2D eigenvalue weighted by Gasteiger charge is -2.11. The summed E-state index contributed by atoms with van der Waals surface area (Å²) in [6, 6.07) is 9.80. The Kier molecular flexibility index (Phi) is 5.40. The number of hydrogen-bond acceptors (Lipinski definition) is 6. The van der Waals surface area contributed by atoms with Crippen molar-refractivity contribution in [2.24, 2.45) is 0 Å². The first-order chi connectivity index (χ1) is 11.1. The second-order valence-corrected chi connectivity index (χ2v) is 4.65. The fourth-order valence-corrected chi connectivity index (χ4v) is 1.82. The predicted molar refractivity (Wildman–Crippen MR) is 81.9 cm³/mol. The molecule has 9 nitrogen and oxygen atoms in total. The first-order valence-electron chi connectivity index (χ1n) is 6.86. The molecule has 2 N–H and O–H groups in total. The quantitative estimate of drug-likeness (QED) is 0.580. The number of rotatable bonds is 7. The van der Waals surface area contributed by atoms with Gasteiger partial charge in [-0.2, -0.15) is 4.68 Å².